The summed E-state index contributed by atoms with van der Waals surface area (Å²) in [4.78, 5) is 44.3. The molecule has 5 rings (SSSR count). The van der Waals surface area contributed by atoms with E-state index in [1.54, 1.807) is 63.5 Å². The smallest absolute Gasteiger partial charge is 0.408 e. The summed E-state index contributed by atoms with van der Waals surface area (Å²) in [6.45, 7) is 8.38. The third-order valence-corrected chi connectivity index (χ3v) is 6.32. The molecule has 0 aromatic carbocycles. The topological polar surface area (TPSA) is 142 Å². The maximum absolute atomic E-state index is 13.4. The standard InChI is InChI=1S/C26H31N9O3/c1-16-10-28-13-19(31-16)18-9-20-17(11-29-18)12-30-35(20)21-14-34(5)23(36)22(32-21)26(7-6-8-27-15-26)33-24(37)38-25(2,3)4/h9-14,27H,6-8,15H2,1-5H3,(H,33,37)/t26-/m0/s1. The number of rotatable bonds is 4. The third kappa shape index (κ3) is 4.99. The molecule has 12 nitrogen and oxygen atoms in total. The Bertz CT molecular complexity index is 1560. The van der Waals surface area contributed by atoms with Gasteiger partial charge in [0, 0.05) is 31.4 Å². The van der Waals surface area contributed by atoms with Crippen molar-refractivity contribution in [3.63, 3.8) is 0 Å². The molecule has 2 N–H and O–H groups in total. The van der Waals surface area contributed by atoms with Crippen LogP contribution in [0.15, 0.2) is 41.8 Å². The lowest BCUT2D eigenvalue weighted by Gasteiger charge is -2.38. The molecule has 0 bridgehead atoms. The molecule has 1 aliphatic heterocycles. The summed E-state index contributed by atoms with van der Waals surface area (Å²) < 4.78 is 8.65. The Kier molecular flexibility index (Phi) is 6.43. The molecule has 0 aliphatic carbocycles. The predicted octanol–water partition coefficient (Wildman–Crippen LogP) is 2.38. The van der Waals surface area contributed by atoms with Crippen molar-refractivity contribution in [2.75, 3.05) is 13.1 Å². The number of nitrogens with zero attached hydrogens (tertiary/aromatic N) is 7. The number of aryl methyl sites for hydroxylation is 2. The molecule has 1 aliphatic rings. The first-order chi connectivity index (χ1) is 18.0. The molecule has 1 saturated heterocycles. The van der Waals surface area contributed by atoms with E-state index < -0.39 is 17.2 Å². The van der Waals surface area contributed by atoms with Crippen LogP contribution >= 0.6 is 0 Å². The van der Waals surface area contributed by atoms with Gasteiger partial charge in [-0.15, -0.1) is 0 Å². The first-order valence-corrected chi connectivity index (χ1v) is 12.5. The Morgan fingerprint density at radius 1 is 1.16 bits per heavy atom. The van der Waals surface area contributed by atoms with Crippen molar-refractivity contribution in [2.24, 2.45) is 7.05 Å². The van der Waals surface area contributed by atoms with Gasteiger partial charge in [-0.1, -0.05) is 0 Å². The highest BCUT2D eigenvalue weighted by molar-refractivity contribution is 5.82. The number of hydrogen-bond acceptors (Lipinski definition) is 9. The fraction of sp³-hybridized carbons (Fsp3) is 0.423. The summed E-state index contributed by atoms with van der Waals surface area (Å²) in [5.74, 6) is 0.431. The van der Waals surface area contributed by atoms with Gasteiger partial charge in [-0.3, -0.25) is 14.8 Å². The number of amides is 1. The highest BCUT2D eigenvalue weighted by Crippen LogP contribution is 2.28. The Hall–Kier alpha value is -4.19. The minimum atomic E-state index is -1.04. The average Bonchev–Trinajstić information content (AvgIpc) is 3.28. The van der Waals surface area contributed by atoms with Crippen LogP contribution in [0.25, 0.3) is 28.1 Å². The van der Waals surface area contributed by atoms with Crippen LogP contribution in [-0.4, -0.2) is 59.1 Å². The highest BCUT2D eigenvalue weighted by Gasteiger charge is 2.41. The number of nitrogens with one attached hydrogen (secondary N) is 2. The van der Waals surface area contributed by atoms with Gasteiger partial charge in [0.05, 0.1) is 35.5 Å². The molecule has 38 heavy (non-hydrogen) atoms. The van der Waals surface area contributed by atoms with E-state index in [1.165, 1.54) is 4.57 Å². The molecule has 1 atom stereocenters. The van der Waals surface area contributed by atoms with Gasteiger partial charge in [0.1, 0.15) is 22.5 Å². The molecular weight excluding hydrogens is 486 g/mol. The van der Waals surface area contributed by atoms with E-state index in [0.717, 1.165) is 29.6 Å². The highest BCUT2D eigenvalue weighted by atomic mass is 16.6. The lowest BCUT2D eigenvalue weighted by Crippen LogP contribution is -2.58. The van der Waals surface area contributed by atoms with Gasteiger partial charge in [0.2, 0.25) is 0 Å². The zero-order valence-electron chi connectivity index (χ0n) is 22.1. The van der Waals surface area contributed by atoms with Gasteiger partial charge in [0.25, 0.3) is 5.56 Å². The zero-order valence-corrected chi connectivity index (χ0v) is 22.1. The van der Waals surface area contributed by atoms with Crippen LogP contribution in [-0.2, 0) is 17.3 Å². The van der Waals surface area contributed by atoms with Gasteiger partial charge in [-0.2, -0.15) is 5.10 Å². The van der Waals surface area contributed by atoms with E-state index >= 15 is 0 Å². The summed E-state index contributed by atoms with van der Waals surface area (Å²) in [6, 6.07) is 1.87. The van der Waals surface area contributed by atoms with Crippen molar-refractivity contribution in [1.82, 2.24) is 44.9 Å². The van der Waals surface area contributed by atoms with E-state index in [1.807, 2.05) is 13.0 Å². The quantitative estimate of drug-likeness (QED) is 0.417. The van der Waals surface area contributed by atoms with E-state index in [-0.39, 0.29) is 11.3 Å². The van der Waals surface area contributed by atoms with Crippen molar-refractivity contribution in [2.45, 2.75) is 51.7 Å². The van der Waals surface area contributed by atoms with E-state index in [9.17, 15) is 9.59 Å². The van der Waals surface area contributed by atoms with Crippen LogP contribution in [0.1, 0.15) is 45.0 Å². The monoisotopic (exact) mass is 517 g/mol. The molecule has 1 amide bonds. The molecule has 0 saturated carbocycles. The molecule has 4 aromatic heterocycles. The summed E-state index contributed by atoms with van der Waals surface area (Å²) in [5.41, 5.74) is 0.994. The van der Waals surface area contributed by atoms with E-state index in [2.05, 4.69) is 30.7 Å². The Balaban J connectivity index is 1.61. The van der Waals surface area contributed by atoms with Crippen LogP contribution < -0.4 is 16.2 Å². The Morgan fingerprint density at radius 3 is 2.68 bits per heavy atom. The molecule has 198 valence electrons. The molecular formula is C26H31N9O3. The Morgan fingerprint density at radius 2 is 1.97 bits per heavy atom. The second-order valence-electron chi connectivity index (χ2n) is 10.6. The largest absolute Gasteiger partial charge is 0.444 e. The van der Waals surface area contributed by atoms with Gasteiger partial charge in [0.15, 0.2) is 5.82 Å². The van der Waals surface area contributed by atoms with Crippen LogP contribution in [0, 0.1) is 6.92 Å². The SMILES string of the molecule is Cc1cncc(-c2cc3c(cn2)cnn3-c2cn(C)c(=O)c([C@]3(NC(=O)OC(C)(C)C)CCCNC3)n2)n1. The first-order valence-electron chi connectivity index (χ1n) is 12.5. The minimum Gasteiger partial charge on any atom is -0.444 e. The van der Waals surface area contributed by atoms with Crippen LogP contribution in [0.4, 0.5) is 4.79 Å². The van der Waals surface area contributed by atoms with E-state index in [0.29, 0.717) is 30.2 Å². The number of hydrogen-bond donors (Lipinski definition) is 2. The van der Waals surface area contributed by atoms with Gasteiger partial charge in [-0.05, 0) is 53.1 Å². The van der Waals surface area contributed by atoms with Crippen molar-refractivity contribution < 1.29 is 9.53 Å². The molecule has 0 radical (unpaired) electrons. The van der Waals surface area contributed by atoms with Crippen LogP contribution in [0.3, 0.4) is 0 Å². The lowest BCUT2D eigenvalue weighted by atomic mass is 9.86. The molecule has 0 spiro atoms. The first kappa shape index (κ1) is 25.5. The summed E-state index contributed by atoms with van der Waals surface area (Å²) >= 11 is 0. The van der Waals surface area contributed by atoms with Crippen LogP contribution in [0.5, 0.6) is 0 Å². The van der Waals surface area contributed by atoms with Crippen molar-refractivity contribution in [3.05, 3.63) is 58.8 Å². The Labute approximate surface area is 219 Å². The molecule has 5 heterocycles. The summed E-state index contributed by atoms with van der Waals surface area (Å²) in [5, 5.41) is 11.6. The number of pyridine rings is 1. The van der Waals surface area contributed by atoms with Crippen LogP contribution in [0.2, 0.25) is 0 Å². The lowest BCUT2D eigenvalue weighted by molar-refractivity contribution is 0.0426. The van der Waals surface area contributed by atoms with Gasteiger partial charge < -0.3 is 19.9 Å². The minimum absolute atomic E-state index is 0.220. The number of aromatic nitrogens is 7. The fourth-order valence-electron chi connectivity index (χ4n) is 4.61. The number of carbonyl (C=O) groups excluding carboxylic acids is 1. The molecule has 4 aromatic rings. The molecule has 0 unspecified atom stereocenters. The van der Waals surface area contributed by atoms with Crippen molar-refractivity contribution >= 4 is 17.0 Å². The maximum Gasteiger partial charge on any atom is 0.408 e. The predicted molar refractivity (Wildman–Crippen MR) is 141 cm³/mol. The van der Waals surface area contributed by atoms with Crippen molar-refractivity contribution in [3.8, 4) is 17.2 Å². The number of piperidine rings is 1. The van der Waals surface area contributed by atoms with Crippen molar-refractivity contribution in [1.29, 1.82) is 0 Å². The molecule has 1 fully saturated rings. The average molecular weight is 518 g/mol. The number of fused-ring (bicyclic) bond motifs is 1. The fourth-order valence-corrected chi connectivity index (χ4v) is 4.61. The molecule has 12 heteroatoms. The van der Waals surface area contributed by atoms with Gasteiger partial charge in [-0.25, -0.2) is 19.4 Å². The zero-order chi connectivity index (χ0) is 27.1. The number of alkyl carbamates (subject to hydrolysis) is 1. The number of carbonyl (C=O) groups is 1. The summed E-state index contributed by atoms with van der Waals surface area (Å²) in [6.07, 6.45) is 9.07. The maximum atomic E-state index is 13.4. The summed E-state index contributed by atoms with van der Waals surface area (Å²) in [7, 11) is 1.66. The normalized spacial score (nSPS) is 17.9. The third-order valence-electron chi connectivity index (χ3n) is 6.32. The van der Waals surface area contributed by atoms with Gasteiger partial charge >= 0.3 is 6.09 Å². The second kappa shape index (κ2) is 9.60. The number of ether oxygens (including phenoxy) is 1. The van der Waals surface area contributed by atoms with E-state index in [4.69, 9.17) is 9.72 Å². The second-order valence-corrected chi connectivity index (χ2v) is 10.6.